The van der Waals surface area contributed by atoms with Gasteiger partial charge in [-0.05, 0) is 85.4 Å². The molecule has 5 fully saturated rings. The molecule has 4 saturated carbocycles. The lowest BCUT2D eigenvalue weighted by Crippen LogP contribution is -2.56. The van der Waals surface area contributed by atoms with Crippen molar-refractivity contribution in [2.75, 3.05) is 13.2 Å². The molecule has 0 N–H and O–H groups in total. The van der Waals surface area contributed by atoms with Crippen LogP contribution in [0.15, 0.2) is 0 Å². The molecule has 0 aromatic carbocycles. The lowest BCUT2D eigenvalue weighted by Gasteiger charge is -2.62. The highest BCUT2D eigenvalue weighted by atomic mass is 16.7. The van der Waals surface area contributed by atoms with E-state index in [4.69, 9.17) is 15.9 Å². The molecular formula is C25H38O2. The highest BCUT2D eigenvalue weighted by Gasteiger charge is 2.62. The van der Waals surface area contributed by atoms with Gasteiger partial charge in [-0.1, -0.05) is 20.8 Å². The van der Waals surface area contributed by atoms with Crippen molar-refractivity contribution >= 4 is 0 Å². The number of fused-ring (bicyclic) bond motifs is 5. The van der Waals surface area contributed by atoms with Crippen molar-refractivity contribution in [1.82, 2.24) is 0 Å². The van der Waals surface area contributed by atoms with Crippen LogP contribution >= 0.6 is 0 Å². The lowest BCUT2D eigenvalue weighted by atomic mass is 9.44. The molecule has 2 heteroatoms. The highest BCUT2D eigenvalue weighted by Crippen LogP contribution is 2.69. The van der Waals surface area contributed by atoms with Gasteiger partial charge < -0.3 is 9.47 Å². The molecular weight excluding hydrogens is 332 g/mol. The third kappa shape index (κ3) is 2.53. The Morgan fingerprint density at radius 3 is 2.37 bits per heavy atom. The topological polar surface area (TPSA) is 18.5 Å². The van der Waals surface area contributed by atoms with Crippen molar-refractivity contribution in [2.45, 2.75) is 84.3 Å². The zero-order valence-electron chi connectivity index (χ0n) is 17.6. The van der Waals surface area contributed by atoms with Crippen LogP contribution in [0.1, 0.15) is 78.6 Å². The molecule has 0 bridgehead atoms. The second-order valence-corrected chi connectivity index (χ2v) is 11.2. The molecule has 0 aromatic heterocycles. The first-order valence-corrected chi connectivity index (χ1v) is 11.7. The third-order valence-corrected chi connectivity index (χ3v) is 10.4. The van der Waals surface area contributed by atoms with E-state index in [1.807, 2.05) is 0 Å². The second kappa shape index (κ2) is 6.24. The van der Waals surface area contributed by atoms with Crippen molar-refractivity contribution in [2.24, 2.45) is 46.3 Å². The second-order valence-electron chi connectivity index (χ2n) is 11.2. The van der Waals surface area contributed by atoms with Crippen LogP contribution in [-0.4, -0.2) is 19.0 Å². The summed E-state index contributed by atoms with van der Waals surface area (Å²) in [7, 11) is 0. The van der Waals surface area contributed by atoms with Gasteiger partial charge in [0.25, 0.3) is 0 Å². The summed E-state index contributed by atoms with van der Waals surface area (Å²) in [6, 6.07) is 0. The van der Waals surface area contributed by atoms with E-state index in [1.165, 1.54) is 44.9 Å². The Hall–Kier alpha value is -0.520. The minimum atomic E-state index is -0.221. The highest BCUT2D eigenvalue weighted by molar-refractivity contribution is 5.12. The maximum Gasteiger partial charge on any atom is 0.168 e. The van der Waals surface area contributed by atoms with Crippen LogP contribution in [0.3, 0.4) is 0 Å². The van der Waals surface area contributed by atoms with E-state index in [2.05, 4.69) is 26.7 Å². The molecule has 4 aliphatic carbocycles. The average molecular weight is 371 g/mol. The summed E-state index contributed by atoms with van der Waals surface area (Å²) in [6.07, 6.45) is 17.8. The maximum absolute atomic E-state index is 6.11. The molecule has 0 unspecified atom stereocenters. The van der Waals surface area contributed by atoms with Gasteiger partial charge in [0.05, 0.1) is 13.2 Å². The Kier molecular flexibility index (Phi) is 4.27. The van der Waals surface area contributed by atoms with Gasteiger partial charge in [-0.3, -0.25) is 0 Å². The number of ether oxygens (including phenoxy) is 2. The van der Waals surface area contributed by atoms with Crippen LogP contribution in [0, 0.1) is 58.7 Å². The zero-order chi connectivity index (χ0) is 18.9. The van der Waals surface area contributed by atoms with Crippen LogP contribution in [-0.2, 0) is 9.47 Å². The molecule has 1 saturated heterocycles. The van der Waals surface area contributed by atoms with Gasteiger partial charge in [0.15, 0.2) is 5.79 Å². The fourth-order valence-corrected chi connectivity index (χ4v) is 8.93. The van der Waals surface area contributed by atoms with Crippen molar-refractivity contribution < 1.29 is 9.47 Å². The van der Waals surface area contributed by atoms with Crippen molar-refractivity contribution in [3.8, 4) is 12.3 Å². The summed E-state index contributed by atoms with van der Waals surface area (Å²) in [6.45, 7) is 9.12. The molecule has 5 rings (SSSR count). The molecule has 2 nitrogen and oxygen atoms in total. The number of hydrogen-bond donors (Lipinski definition) is 0. The van der Waals surface area contributed by atoms with E-state index in [0.717, 1.165) is 55.6 Å². The molecule has 8 atom stereocenters. The Morgan fingerprint density at radius 2 is 1.63 bits per heavy atom. The summed E-state index contributed by atoms with van der Waals surface area (Å²) < 4.78 is 12.2. The Balaban J connectivity index is 1.39. The van der Waals surface area contributed by atoms with E-state index in [1.54, 1.807) is 0 Å². The molecule has 27 heavy (non-hydrogen) atoms. The van der Waals surface area contributed by atoms with Crippen LogP contribution in [0.25, 0.3) is 0 Å². The summed E-state index contributed by atoms with van der Waals surface area (Å²) in [5.41, 5.74) is 0.990. The van der Waals surface area contributed by atoms with Gasteiger partial charge >= 0.3 is 0 Å². The van der Waals surface area contributed by atoms with Crippen molar-refractivity contribution in [1.29, 1.82) is 0 Å². The van der Waals surface area contributed by atoms with E-state index in [0.29, 0.717) is 16.7 Å². The predicted octanol–water partition coefficient (Wildman–Crippen LogP) is 5.66. The smallest absolute Gasteiger partial charge is 0.168 e. The van der Waals surface area contributed by atoms with E-state index < -0.39 is 0 Å². The Labute approximate surface area is 166 Å². The molecule has 0 amide bonds. The molecule has 150 valence electrons. The molecule has 1 heterocycles. The standard InChI is InChI=1S/C25H38O2/c1-5-17(2)20-8-9-21-19-7-6-18-16-25(26-14-15-27-25)13-12-23(18,3)22(19)10-11-24(20,21)4/h1,17-22H,6-16H2,2-4H3/t17-,18+,19+,20-,21+,22+,23+,24-/m1/s1. The summed E-state index contributed by atoms with van der Waals surface area (Å²) in [4.78, 5) is 0. The first kappa shape index (κ1) is 18.5. The Bertz CT molecular complexity index is 629. The van der Waals surface area contributed by atoms with Gasteiger partial charge in [0, 0.05) is 18.8 Å². The minimum absolute atomic E-state index is 0.221. The van der Waals surface area contributed by atoms with Gasteiger partial charge in [-0.15, -0.1) is 12.3 Å². The van der Waals surface area contributed by atoms with Crippen molar-refractivity contribution in [3.63, 3.8) is 0 Å². The number of rotatable bonds is 1. The first-order chi connectivity index (χ1) is 12.9. The monoisotopic (exact) mass is 370 g/mol. The predicted molar refractivity (Wildman–Crippen MR) is 108 cm³/mol. The minimum Gasteiger partial charge on any atom is -0.348 e. The molecule has 1 spiro atoms. The molecule has 0 radical (unpaired) electrons. The quantitative estimate of drug-likeness (QED) is 0.555. The van der Waals surface area contributed by atoms with E-state index in [-0.39, 0.29) is 5.79 Å². The number of terminal acetylenes is 1. The maximum atomic E-state index is 6.11. The van der Waals surface area contributed by atoms with Gasteiger partial charge in [0.2, 0.25) is 0 Å². The fourth-order valence-electron chi connectivity index (χ4n) is 8.93. The summed E-state index contributed by atoms with van der Waals surface area (Å²) >= 11 is 0. The molecule has 0 aromatic rings. The lowest BCUT2D eigenvalue weighted by molar-refractivity contribution is -0.229. The van der Waals surface area contributed by atoms with E-state index >= 15 is 0 Å². The van der Waals surface area contributed by atoms with E-state index in [9.17, 15) is 0 Å². The molecule has 1 aliphatic heterocycles. The van der Waals surface area contributed by atoms with Crippen molar-refractivity contribution in [3.05, 3.63) is 0 Å². The van der Waals surface area contributed by atoms with Gasteiger partial charge in [-0.25, -0.2) is 0 Å². The zero-order valence-corrected chi connectivity index (χ0v) is 17.6. The molecule has 5 aliphatic rings. The summed E-state index contributed by atoms with van der Waals surface area (Å²) in [5, 5.41) is 0. The van der Waals surface area contributed by atoms with Crippen LogP contribution in [0.5, 0.6) is 0 Å². The van der Waals surface area contributed by atoms with Gasteiger partial charge in [-0.2, -0.15) is 0 Å². The van der Waals surface area contributed by atoms with Crippen LogP contribution < -0.4 is 0 Å². The SMILES string of the molecule is C#C[C@@H](C)[C@H]1CC[C@H]2[C@@H]3CC[C@H]4CC5(CC[C@]4(C)[C@H]3CC[C@]12C)OCCO5. The largest absolute Gasteiger partial charge is 0.348 e. The first-order valence-electron chi connectivity index (χ1n) is 11.7. The average Bonchev–Trinajstić information content (AvgIpc) is 3.26. The van der Waals surface area contributed by atoms with Gasteiger partial charge in [0.1, 0.15) is 0 Å². The normalized spacial score (nSPS) is 51.9. The Morgan fingerprint density at radius 1 is 0.889 bits per heavy atom. The third-order valence-electron chi connectivity index (χ3n) is 10.4. The number of hydrogen-bond acceptors (Lipinski definition) is 2. The van der Waals surface area contributed by atoms with Crippen LogP contribution in [0.4, 0.5) is 0 Å². The summed E-state index contributed by atoms with van der Waals surface area (Å²) in [5.74, 6) is 7.59. The fraction of sp³-hybridized carbons (Fsp3) is 0.920. The van der Waals surface area contributed by atoms with Crippen LogP contribution in [0.2, 0.25) is 0 Å².